The number of nitrogens with zero attached hydrogens (tertiary/aromatic N) is 1. The van der Waals surface area contributed by atoms with Crippen molar-refractivity contribution in [2.45, 2.75) is 52.5 Å². The topological polar surface area (TPSA) is 92.8 Å². The van der Waals surface area contributed by atoms with Crippen LogP contribution < -0.4 is 5.32 Å². The van der Waals surface area contributed by atoms with Crippen LogP contribution in [-0.4, -0.2) is 47.7 Å². The van der Waals surface area contributed by atoms with E-state index in [-0.39, 0.29) is 24.2 Å². The van der Waals surface area contributed by atoms with Crippen LogP contribution in [0.2, 0.25) is 0 Å². The largest absolute Gasteiger partial charge is 0.455 e. The Balaban J connectivity index is 1.48. The number of ether oxygens (including phenoxy) is 1. The van der Waals surface area contributed by atoms with Gasteiger partial charge in [-0.15, -0.1) is 0 Å². The summed E-state index contributed by atoms with van der Waals surface area (Å²) in [7, 11) is 0. The number of carbonyl (C=O) groups is 4. The molecule has 3 rings (SSSR count). The molecule has 0 aromatic heterocycles. The van der Waals surface area contributed by atoms with Crippen molar-refractivity contribution in [3.8, 4) is 0 Å². The maximum Gasteiger partial charge on any atom is 0.311 e. The molecule has 7 nitrogen and oxygen atoms in total. The van der Waals surface area contributed by atoms with Gasteiger partial charge in [0, 0.05) is 30.3 Å². The fraction of sp³-hybridized carbons (Fsp3) is 0.565. The summed E-state index contributed by atoms with van der Waals surface area (Å²) in [5, 5.41) is 2.63. The van der Waals surface area contributed by atoms with E-state index in [1.807, 2.05) is 4.90 Å². The van der Waals surface area contributed by atoms with Gasteiger partial charge in [0.25, 0.3) is 5.91 Å². The molecule has 1 heterocycles. The van der Waals surface area contributed by atoms with Gasteiger partial charge in [0.15, 0.2) is 12.4 Å². The van der Waals surface area contributed by atoms with Crippen molar-refractivity contribution >= 4 is 29.3 Å². The zero-order valence-electron chi connectivity index (χ0n) is 17.8. The van der Waals surface area contributed by atoms with Gasteiger partial charge in [-0.1, -0.05) is 26.7 Å². The van der Waals surface area contributed by atoms with Gasteiger partial charge in [0.1, 0.15) is 0 Å². The maximum atomic E-state index is 12.5. The molecule has 1 aromatic rings. The first-order chi connectivity index (χ1) is 14.3. The lowest BCUT2D eigenvalue weighted by Gasteiger charge is -2.39. The van der Waals surface area contributed by atoms with Gasteiger partial charge in [0.05, 0.1) is 5.92 Å². The molecule has 1 aromatic carbocycles. The average molecular weight is 415 g/mol. The Labute approximate surface area is 177 Å². The molecular weight excluding hydrogens is 384 g/mol. The second-order valence-corrected chi connectivity index (χ2v) is 8.57. The summed E-state index contributed by atoms with van der Waals surface area (Å²) in [4.78, 5) is 50.1. The van der Waals surface area contributed by atoms with E-state index in [0.717, 1.165) is 12.8 Å². The molecule has 2 fully saturated rings. The highest BCUT2D eigenvalue weighted by molar-refractivity contribution is 5.96. The van der Waals surface area contributed by atoms with Gasteiger partial charge in [-0.3, -0.25) is 19.2 Å². The highest BCUT2D eigenvalue weighted by Gasteiger charge is 2.42. The van der Waals surface area contributed by atoms with Gasteiger partial charge in [0.2, 0.25) is 5.91 Å². The number of hydrogen-bond acceptors (Lipinski definition) is 5. The van der Waals surface area contributed by atoms with Gasteiger partial charge >= 0.3 is 5.97 Å². The third-order valence-electron chi connectivity index (χ3n) is 6.48. The molecule has 0 radical (unpaired) electrons. The molecule has 30 heavy (non-hydrogen) atoms. The van der Waals surface area contributed by atoms with E-state index in [4.69, 9.17) is 4.74 Å². The molecule has 1 aliphatic carbocycles. The molecule has 1 saturated carbocycles. The van der Waals surface area contributed by atoms with Gasteiger partial charge in [-0.25, -0.2) is 0 Å². The molecule has 1 aliphatic heterocycles. The summed E-state index contributed by atoms with van der Waals surface area (Å²) >= 11 is 0. The number of amides is 2. The predicted molar refractivity (Wildman–Crippen MR) is 112 cm³/mol. The van der Waals surface area contributed by atoms with Crippen molar-refractivity contribution in [3.63, 3.8) is 0 Å². The standard InChI is InChI=1S/C23H30N2O5/c1-14-5-4-6-20(15(14)2)25-12-18(11-22(25)28)23(29)30-13-21(27)24-19-9-7-17(8-10-19)16(3)26/h7-10,14-15,18,20H,4-6,11-13H2,1-3H3,(H,24,27)/t14-,15-,18-,20-/m1/s1. The highest BCUT2D eigenvalue weighted by atomic mass is 16.5. The molecule has 7 heteroatoms. The Kier molecular flexibility index (Phi) is 6.90. The van der Waals surface area contributed by atoms with Crippen molar-refractivity contribution in [1.29, 1.82) is 0 Å². The summed E-state index contributed by atoms with van der Waals surface area (Å²) in [5.74, 6) is -0.575. The van der Waals surface area contributed by atoms with E-state index in [2.05, 4.69) is 19.2 Å². The second kappa shape index (κ2) is 9.41. The van der Waals surface area contributed by atoms with Crippen molar-refractivity contribution in [1.82, 2.24) is 4.90 Å². The minimum absolute atomic E-state index is 0.00193. The van der Waals surface area contributed by atoms with E-state index >= 15 is 0 Å². The fourth-order valence-electron chi connectivity index (χ4n) is 4.44. The minimum atomic E-state index is -0.524. The van der Waals surface area contributed by atoms with Crippen LogP contribution in [-0.2, 0) is 19.1 Å². The normalized spacial score (nSPS) is 26.4. The van der Waals surface area contributed by atoms with E-state index < -0.39 is 24.4 Å². The van der Waals surface area contributed by atoms with Crippen LogP contribution in [0.15, 0.2) is 24.3 Å². The zero-order chi connectivity index (χ0) is 21.8. The SMILES string of the molecule is CC(=O)c1ccc(NC(=O)COC(=O)[C@@H]2CC(=O)N([C@@H]3CCC[C@@H](C)[C@H]3C)C2)cc1. The first-order valence-electron chi connectivity index (χ1n) is 10.6. The van der Waals surface area contributed by atoms with E-state index in [0.29, 0.717) is 29.6 Å². The Morgan fingerprint density at radius 1 is 1.13 bits per heavy atom. The number of carbonyl (C=O) groups excluding carboxylic acids is 4. The number of likely N-dealkylation sites (tertiary alicyclic amines) is 1. The number of ketones is 1. The van der Waals surface area contributed by atoms with Crippen LogP contribution in [0.4, 0.5) is 5.69 Å². The second-order valence-electron chi connectivity index (χ2n) is 8.57. The molecule has 162 valence electrons. The quantitative estimate of drug-likeness (QED) is 0.570. The van der Waals surface area contributed by atoms with Gasteiger partial charge < -0.3 is 15.0 Å². The number of rotatable bonds is 6. The molecule has 2 aliphatic rings. The predicted octanol–water partition coefficient (Wildman–Crippen LogP) is 3.04. The highest BCUT2D eigenvalue weighted by Crippen LogP contribution is 2.35. The Bertz CT molecular complexity index is 819. The molecule has 4 atom stereocenters. The minimum Gasteiger partial charge on any atom is -0.455 e. The number of Topliss-reactive ketones (excluding diaryl/α,β-unsaturated/α-hetero) is 1. The molecule has 1 N–H and O–H groups in total. The molecule has 0 unspecified atom stereocenters. The first kappa shape index (κ1) is 22.0. The van der Waals surface area contributed by atoms with Crippen molar-refractivity contribution in [2.24, 2.45) is 17.8 Å². The summed E-state index contributed by atoms with van der Waals surface area (Å²) < 4.78 is 5.17. The molecular formula is C23H30N2O5. The van der Waals surface area contributed by atoms with Crippen LogP contribution in [0.1, 0.15) is 56.8 Å². The Morgan fingerprint density at radius 2 is 1.83 bits per heavy atom. The van der Waals surface area contributed by atoms with Crippen LogP contribution in [0.25, 0.3) is 0 Å². The number of hydrogen-bond donors (Lipinski definition) is 1. The lowest BCUT2D eigenvalue weighted by molar-refractivity contribution is -0.151. The summed E-state index contributed by atoms with van der Waals surface area (Å²) in [5.41, 5.74) is 1.07. The Morgan fingerprint density at radius 3 is 2.50 bits per heavy atom. The van der Waals surface area contributed by atoms with Crippen molar-refractivity contribution < 1.29 is 23.9 Å². The smallest absolute Gasteiger partial charge is 0.311 e. The first-order valence-corrected chi connectivity index (χ1v) is 10.6. The Hall–Kier alpha value is -2.70. The van der Waals surface area contributed by atoms with Crippen LogP contribution >= 0.6 is 0 Å². The number of benzene rings is 1. The van der Waals surface area contributed by atoms with E-state index in [1.165, 1.54) is 13.3 Å². The zero-order valence-corrected chi connectivity index (χ0v) is 17.8. The third kappa shape index (κ3) is 5.07. The van der Waals surface area contributed by atoms with E-state index in [1.54, 1.807) is 24.3 Å². The monoisotopic (exact) mass is 414 g/mol. The van der Waals surface area contributed by atoms with E-state index in [9.17, 15) is 19.2 Å². The number of anilines is 1. The summed E-state index contributed by atoms with van der Waals surface area (Å²) in [6, 6.07) is 6.67. The van der Waals surface area contributed by atoms with Gasteiger partial charge in [-0.2, -0.15) is 0 Å². The molecule has 0 spiro atoms. The molecule has 0 bridgehead atoms. The number of esters is 1. The van der Waals surface area contributed by atoms with Gasteiger partial charge in [-0.05, 0) is 49.4 Å². The third-order valence-corrected chi connectivity index (χ3v) is 6.48. The average Bonchev–Trinajstić information content (AvgIpc) is 3.10. The number of nitrogens with one attached hydrogen (secondary N) is 1. The van der Waals surface area contributed by atoms with Crippen LogP contribution in [0, 0.1) is 17.8 Å². The summed E-state index contributed by atoms with van der Waals surface area (Å²) in [6.07, 6.45) is 3.40. The molecule has 2 amide bonds. The maximum absolute atomic E-state index is 12.5. The lowest BCUT2D eigenvalue weighted by atomic mass is 9.77. The van der Waals surface area contributed by atoms with Crippen molar-refractivity contribution in [3.05, 3.63) is 29.8 Å². The van der Waals surface area contributed by atoms with Crippen molar-refractivity contribution in [2.75, 3.05) is 18.5 Å². The molecule has 1 saturated heterocycles. The van der Waals surface area contributed by atoms with Crippen LogP contribution in [0.5, 0.6) is 0 Å². The lowest BCUT2D eigenvalue weighted by Crippen LogP contribution is -2.45. The fourth-order valence-corrected chi connectivity index (χ4v) is 4.44. The van der Waals surface area contributed by atoms with Crippen LogP contribution in [0.3, 0.4) is 0 Å². The summed E-state index contributed by atoms with van der Waals surface area (Å²) in [6.45, 7) is 5.83.